The molecule has 2 rings (SSSR count). The zero-order valence-corrected chi connectivity index (χ0v) is 13.3. The summed E-state index contributed by atoms with van der Waals surface area (Å²) in [5.41, 5.74) is 1.55. The molecule has 0 saturated carbocycles. The van der Waals surface area contributed by atoms with Crippen molar-refractivity contribution in [3.63, 3.8) is 0 Å². The van der Waals surface area contributed by atoms with Gasteiger partial charge in [-0.25, -0.2) is 0 Å². The number of hydrogen-bond donors (Lipinski definition) is 0. The van der Waals surface area contributed by atoms with Gasteiger partial charge in [-0.1, -0.05) is 37.6 Å². The molecule has 0 spiro atoms. The Kier molecular flexibility index (Phi) is 4.87. The summed E-state index contributed by atoms with van der Waals surface area (Å²) < 4.78 is 0. The Bertz CT molecular complexity index is 535. The first-order valence-corrected chi connectivity index (χ1v) is 7.81. The van der Waals surface area contributed by atoms with Gasteiger partial charge in [0.1, 0.15) is 0 Å². The van der Waals surface area contributed by atoms with Gasteiger partial charge in [-0.05, 0) is 55.0 Å². The lowest BCUT2D eigenvalue weighted by Gasteiger charge is -2.31. The molecule has 0 N–H and O–H groups in total. The second-order valence-electron chi connectivity index (χ2n) is 5.28. The Balaban J connectivity index is 2.32. The largest absolute Gasteiger partial charge is 0.285 e. The van der Waals surface area contributed by atoms with Crippen molar-refractivity contribution in [1.29, 1.82) is 0 Å². The van der Waals surface area contributed by atoms with E-state index in [1.165, 1.54) is 0 Å². The SMILES string of the molecule is CCC(CC)(C(=O)Cl)[C@H]1CCC(c2cccc(Cl)c2)=N1. The van der Waals surface area contributed by atoms with Gasteiger partial charge in [-0.3, -0.25) is 9.79 Å². The summed E-state index contributed by atoms with van der Waals surface area (Å²) in [7, 11) is 0. The van der Waals surface area contributed by atoms with Gasteiger partial charge in [0.15, 0.2) is 0 Å². The molecule has 1 aliphatic heterocycles. The smallest absolute Gasteiger partial charge is 0.229 e. The Morgan fingerprint density at radius 3 is 2.65 bits per heavy atom. The fraction of sp³-hybridized carbons (Fsp3) is 0.500. The van der Waals surface area contributed by atoms with Crippen molar-refractivity contribution in [1.82, 2.24) is 0 Å². The molecule has 0 radical (unpaired) electrons. The van der Waals surface area contributed by atoms with E-state index in [-0.39, 0.29) is 11.3 Å². The normalized spacial score (nSPS) is 19.0. The third-order valence-corrected chi connectivity index (χ3v) is 5.03. The zero-order chi connectivity index (χ0) is 14.8. The minimum absolute atomic E-state index is 0.0171. The van der Waals surface area contributed by atoms with Crippen molar-refractivity contribution in [2.45, 2.75) is 45.6 Å². The molecule has 1 heterocycles. The van der Waals surface area contributed by atoms with Crippen LogP contribution in [0.5, 0.6) is 0 Å². The van der Waals surface area contributed by atoms with Crippen LogP contribution in [0.15, 0.2) is 29.3 Å². The van der Waals surface area contributed by atoms with E-state index in [9.17, 15) is 4.79 Å². The predicted molar refractivity (Wildman–Crippen MR) is 84.9 cm³/mol. The van der Waals surface area contributed by atoms with Crippen LogP contribution in [0.1, 0.15) is 45.1 Å². The van der Waals surface area contributed by atoms with Crippen molar-refractivity contribution in [3.8, 4) is 0 Å². The van der Waals surface area contributed by atoms with Crippen LogP contribution in [0.4, 0.5) is 0 Å². The van der Waals surface area contributed by atoms with Crippen LogP contribution in [0.3, 0.4) is 0 Å². The molecule has 1 aromatic carbocycles. The molecule has 1 atom stereocenters. The summed E-state index contributed by atoms with van der Waals surface area (Å²) in [6, 6.07) is 7.69. The predicted octanol–water partition coefficient (Wildman–Crippen LogP) is 4.86. The summed E-state index contributed by atoms with van der Waals surface area (Å²) in [6.07, 6.45) is 3.20. The van der Waals surface area contributed by atoms with E-state index in [1.54, 1.807) is 0 Å². The molecule has 0 aromatic heterocycles. The van der Waals surface area contributed by atoms with Crippen molar-refractivity contribution >= 4 is 34.2 Å². The monoisotopic (exact) mass is 311 g/mol. The summed E-state index contributed by atoms with van der Waals surface area (Å²) in [4.78, 5) is 16.7. The van der Waals surface area contributed by atoms with Gasteiger partial charge in [0.25, 0.3) is 0 Å². The van der Waals surface area contributed by atoms with Crippen LogP contribution >= 0.6 is 23.2 Å². The van der Waals surface area contributed by atoms with Gasteiger partial charge in [0, 0.05) is 10.7 Å². The van der Waals surface area contributed by atoms with E-state index >= 15 is 0 Å². The first-order chi connectivity index (χ1) is 9.53. The molecule has 0 bridgehead atoms. The lowest BCUT2D eigenvalue weighted by molar-refractivity contribution is -0.122. The van der Waals surface area contributed by atoms with Crippen LogP contribution in [-0.2, 0) is 4.79 Å². The topological polar surface area (TPSA) is 29.4 Å². The van der Waals surface area contributed by atoms with Gasteiger partial charge in [0.05, 0.1) is 11.5 Å². The molecule has 2 nitrogen and oxygen atoms in total. The van der Waals surface area contributed by atoms with Gasteiger partial charge in [0.2, 0.25) is 5.24 Å². The Hall–Kier alpha value is -0.860. The molecule has 20 heavy (non-hydrogen) atoms. The van der Waals surface area contributed by atoms with E-state index in [4.69, 9.17) is 28.2 Å². The highest BCUT2D eigenvalue weighted by Crippen LogP contribution is 2.40. The van der Waals surface area contributed by atoms with E-state index in [0.717, 1.165) is 37.0 Å². The summed E-state index contributed by atoms with van der Waals surface area (Å²) in [6.45, 7) is 4.02. The van der Waals surface area contributed by atoms with Crippen LogP contribution in [0, 0.1) is 5.41 Å². The summed E-state index contributed by atoms with van der Waals surface area (Å²) in [5.74, 6) is 0. The number of aliphatic imine (C=N–C) groups is 1. The maximum absolute atomic E-state index is 11.9. The highest BCUT2D eigenvalue weighted by atomic mass is 35.5. The van der Waals surface area contributed by atoms with Gasteiger partial charge in [-0.2, -0.15) is 0 Å². The molecule has 0 saturated heterocycles. The lowest BCUT2D eigenvalue weighted by atomic mass is 9.76. The molecule has 0 amide bonds. The Morgan fingerprint density at radius 2 is 2.10 bits per heavy atom. The number of hydrogen-bond acceptors (Lipinski definition) is 2. The molecule has 0 fully saturated rings. The Labute approximate surface area is 130 Å². The molecule has 0 unspecified atom stereocenters. The van der Waals surface area contributed by atoms with E-state index in [1.807, 2.05) is 38.1 Å². The third-order valence-electron chi connectivity index (χ3n) is 4.42. The number of rotatable bonds is 5. The minimum Gasteiger partial charge on any atom is -0.285 e. The molecule has 0 aliphatic carbocycles. The Morgan fingerprint density at radius 1 is 1.40 bits per heavy atom. The van der Waals surface area contributed by atoms with Crippen molar-refractivity contribution in [2.75, 3.05) is 0 Å². The summed E-state index contributed by atoms with van der Waals surface area (Å²) >= 11 is 11.9. The zero-order valence-electron chi connectivity index (χ0n) is 11.8. The van der Waals surface area contributed by atoms with Crippen LogP contribution in [0.25, 0.3) is 0 Å². The molecule has 4 heteroatoms. The van der Waals surface area contributed by atoms with Crippen LogP contribution < -0.4 is 0 Å². The van der Waals surface area contributed by atoms with Crippen LogP contribution in [-0.4, -0.2) is 17.0 Å². The first kappa shape index (κ1) is 15.5. The van der Waals surface area contributed by atoms with Gasteiger partial charge in [-0.15, -0.1) is 0 Å². The van der Waals surface area contributed by atoms with Crippen molar-refractivity contribution < 1.29 is 4.79 Å². The first-order valence-electron chi connectivity index (χ1n) is 7.06. The highest BCUT2D eigenvalue weighted by molar-refractivity contribution is 6.64. The van der Waals surface area contributed by atoms with Gasteiger partial charge < -0.3 is 0 Å². The highest BCUT2D eigenvalue weighted by Gasteiger charge is 2.43. The minimum atomic E-state index is -0.526. The molecular formula is C16H19Cl2NO. The number of nitrogens with zero attached hydrogens (tertiary/aromatic N) is 1. The third kappa shape index (κ3) is 2.77. The molecule has 1 aliphatic rings. The maximum atomic E-state index is 11.9. The average molecular weight is 312 g/mol. The van der Waals surface area contributed by atoms with E-state index in [0.29, 0.717) is 5.02 Å². The molecule has 108 valence electrons. The second-order valence-corrected chi connectivity index (χ2v) is 6.06. The van der Waals surface area contributed by atoms with Crippen molar-refractivity contribution in [3.05, 3.63) is 34.9 Å². The van der Waals surface area contributed by atoms with E-state index < -0.39 is 5.41 Å². The standard InChI is InChI=1S/C16H19Cl2NO/c1-3-16(4-2,15(18)20)14-9-8-13(19-14)11-6-5-7-12(17)10-11/h5-7,10,14H,3-4,8-9H2,1-2H3/t14-/m1/s1. The fourth-order valence-electron chi connectivity index (χ4n) is 3.01. The molecule has 1 aromatic rings. The van der Waals surface area contributed by atoms with Crippen molar-refractivity contribution in [2.24, 2.45) is 10.4 Å². The second kappa shape index (κ2) is 6.28. The number of carbonyl (C=O) groups excluding carboxylic acids is 1. The number of benzene rings is 1. The lowest BCUT2D eigenvalue weighted by Crippen LogP contribution is -2.37. The van der Waals surface area contributed by atoms with E-state index in [2.05, 4.69) is 0 Å². The molecular weight excluding hydrogens is 293 g/mol. The van der Waals surface area contributed by atoms with Gasteiger partial charge >= 0.3 is 0 Å². The summed E-state index contributed by atoms with van der Waals surface area (Å²) in [5, 5.41) is 0.447. The average Bonchev–Trinajstić information content (AvgIpc) is 2.91. The number of halogens is 2. The maximum Gasteiger partial charge on any atom is 0.229 e. The van der Waals surface area contributed by atoms with Crippen LogP contribution in [0.2, 0.25) is 5.02 Å². The quantitative estimate of drug-likeness (QED) is 0.714. The fourth-order valence-corrected chi connectivity index (χ4v) is 3.59. The number of carbonyl (C=O) groups is 1.